The number of nitrogens with two attached hydrogens (primary N) is 1. The minimum atomic E-state index is -0.0617. The van der Waals surface area contributed by atoms with Gasteiger partial charge in [-0.3, -0.25) is 0 Å². The summed E-state index contributed by atoms with van der Waals surface area (Å²) in [5.74, 6) is 1.57. The van der Waals surface area contributed by atoms with Crippen molar-refractivity contribution in [2.75, 3.05) is 7.11 Å². The van der Waals surface area contributed by atoms with E-state index in [0.717, 1.165) is 17.1 Å². The van der Waals surface area contributed by atoms with Crippen molar-refractivity contribution in [3.63, 3.8) is 0 Å². The minimum Gasteiger partial charge on any atom is -0.497 e. The van der Waals surface area contributed by atoms with E-state index in [2.05, 4.69) is 11.4 Å². The molecule has 2 rings (SSSR count). The van der Waals surface area contributed by atoms with Crippen molar-refractivity contribution in [2.24, 2.45) is 5.73 Å². The molecule has 4 heteroatoms. The molecule has 0 aliphatic heterocycles. The van der Waals surface area contributed by atoms with Gasteiger partial charge < -0.3 is 15.2 Å². The Morgan fingerprint density at radius 1 is 1.33 bits per heavy atom. The SMILES string of the molecule is COc1ccc(C(C)N)c(OCc2ccsc2)c1. The highest BCUT2D eigenvalue weighted by Crippen LogP contribution is 2.29. The summed E-state index contributed by atoms with van der Waals surface area (Å²) in [6.07, 6.45) is 0. The first-order chi connectivity index (χ1) is 8.70. The maximum Gasteiger partial charge on any atom is 0.128 e. The molecule has 1 aromatic heterocycles. The van der Waals surface area contributed by atoms with Crippen LogP contribution in [0.1, 0.15) is 24.1 Å². The molecule has 0 saturated heterocycles. The largest absolute Gasteiger partial charge is 0.497 e. The Hall–Kier alpha value is -1.52. The van der Waals surface area contributed by atoms with Gasteiger partial charge in [0.05, 0.1) is 7.11 Å². The molecular formula is C14H17NO2S. The van der Waals surface area contributed by atoms with Crippen LogP contribution in [0, 0.1) is 0 Å². The van der Waals surface area contributed by atoms with E-state index in [9.17, 15) is 0 Å². The summed E-state index contributed by atoms with van der Waals surface area (Å²) in [5.41, 5.74) is 8.09. The van der Waals surface area contributed by atoms with E-state index in [1.165, 1.54) is 5.56 Å². The second kappa shape index (κ2) is 5.89. The number of hydrogen-bond acceptors (Lipinski definition) is 4. The minimum absolute atomic E-state index is 0.0617. The van der Waals surface area contributed by atoms with Gasteiger partial charge in [-0.2, -0.15) is 11.3 Å². The lowest BCUT2D eigenvalue weighted by molar-refractivity contribution is 0.299. The molecule has 2 N–H and O–H groups in total. The van der Waals surface area contributed by atoms with Crippen molar-refractivity contribution in [1.29, 1.82) is 0 Å². The zero-order chi connectivity index (χ0) is 13.0. The first-order valence-corrected chi connectivity index (χ1v) is 6.72. The fourth-order valence-corrected chi connectivity index (χ4v) is 2.33. The van der Waals surface area contributed by atoms with Gasteiger partial charge in [-0.05, 0) is 35.4 Å². The monoisotopic (exact) mass is 263 g/mol. The van der Waals surface area contributed by atoms with Crippen molar-refractivity contribution in [2.45, 2.75) is 19.6 Å². The predicted molar refractivity (Wildman–Crippen MR) is 74.2 cm³/mol. The first-order valence-electron chi connectivity index (χ1n) is 5.78. The number of thiophene rings is 1. The number of methoxy groups -OCH3 is 1. The van der Waals surface area contributed by atoms with Crippen molar-refractivity contribution in [1.82, 2.24) is 0 Å². The van der Waals surface area contributed by atoms with Crippen molar-refractivity contribution in [3.05, 3.63) is 46.2 Å². The Bertz CT molecular complexity index is 495. The Balaban J connectivity index is 2.18. The third-order valence-corrected chi connectivity index (χ3v) is 3.42. The predicted octanol–water partition coefficient (Wildman–Crippen LogP) is 3.36. The van der Waals surface area contributed by atoms with Gasteiger partial charge in [0.1, 0.15) is 18.1 Å². The van der Waals surface area contributed by atoms with Gasteiger partial charge in [-0.25, -0.2) is 0 Å². The Morgan fingerprint density at radius 3 is 2.78 bits per heavy atom. The lowest BCUT2D eigenvalue weighted by Crippen LogP contribution is -2.08. The molecule has 0 radical (unpaired) electrons. The van der Waals surface area contributed by atoms with Crippen molar-refractivity contribution in [3.8, 4) is 11.5 Å². The summed E-state index contributed by atoms with van der Waals surface area (Å²) in [5, 5.41) is 4.11. The number of ether oxygens (including phenoxy) is 2. The molecule has 0 bridgehead atoms. The Morgan fingerprint density at radius 2 is 2.17 bits per heavy atom. The normalized spacial score (nSPS) is 12.2. The molecule has 1 heterocycles. The van der Waals surface area contributed by atoms with Crippen LogP contribution in [-0.4, -0.2) is 7.11 Å². The molecule has 0 spiro atoms. The highest BCUT2D eigenvalue weighted by atomic mass is 32.1. The fourth-order valence-electron chi connectivity index (χ4n) is 1.68. The van der Waals surface area contributed by atoms with Crippen LogP contribution in [-0.2, 0) is 6.61 Å². The molecule has 96 valence electrons. The molecule has 3 nitrogen and oxygen atoms in total. The van der Waals surface area contributed by atoms with Crippen LogP contribution >= 0.6 is 11.3 Å². The van der Waals surface area contributed by atoms with Crippen molar-refractivity contribution < 1.29 is 9.47 Å². The van der Waals surface area contributed by atoms with E-state index in [1.54, 1.807) is 18.4 Å². The van der Waals surface area contributed by atoms with Gasteiger partial charge in [-0.15, -0.1) is 0 Å². The summed E-state index contributed by atoms with van der Waals surface area (Å²) < 4.78 is 11.0. The van der Waals surface area contributed by atoms with Crippen LogP contribution in [0.15, 0.2) is 35.0 Å². The zero-order valence-electron chi connectivity index (χ0n) is 10.6. The third-order valence-electron chi connectivity index (χ3n) is 2.69. The molecular weight excluding hydrogens is 246 g/mol. The first kappa shape index (κ1) is 12.9. The molecule has 0 saturated carbocycles. The smallest absolute Gasteiger partial charge is 0.128 e. The summed E-state index contributed by atoms with van der Waals surface area (Å²) in [4.78, 5) is 0. The van der Waals surface area contributed by atoms with Crippen molar-refractivity contribution >= 4 is 11.3 Å². The van der Waals surface area contributed by atoms with Gasteiger partial charge in [0.2, 0.25) is 0 Å². The van der Waals surface area contributed by atoms with Gasteiger partial charge >= 0.3 is 0 Å². The van der Waals surface area contributed by atoms with Crippen LogP contribution in [0.2, 0.25) is 0 Å². The molecule has 0 fully saturated rings. The maximum absolute atomic E-state index is 5.94. The van der Waals surface area contributed by atoms with E-state index < -0.39 is 0 Å². The number of hydrogen-bond donors (Lipinski definition) is 1. The van der Waals surface area contributed by atoms with Crippen LogP contribution in [0.3, 0.4) is 0 Å². The second-order valence-electron chi connectivity index (χ2n) is 4.11. The molecule has 0 aliphatic carbocycles. The Kier molecular flexibility index (Phi) is 4.23. The van der Waals surface area contributed by atoms with Crippen LogP contribution in [0.4, 0.5) is 0 Å². The van der Waals surface area contributed by atoms with E-state index in [1.807, 2.05) is 30.5 Å². The molecule has 1 atom stereocenters. The van der Waals surface area contributed by atoms with Crippen LogP contribution < -0.4 is 15.2 Å². The Labute approximate surface area is 111 Å². The average Bonchev–Trinajstić information content (AvgIpc) is 2.88. The van der Waals surface area contributed by atoms with E-state index in [-0.39, 0.29) is 6.04 Å². The average molecular weight is 263 g/mol. The number of benzene rings is 1. The summed E-state index contributed by atoms with van der Waals surface area (Å²) in [7, 11) is 1.64. The van der Waals surface area contributed by atoms with Crippen LogP contribution in [0.25, 0.3) is 0 Å². The zero-order valence-corrected chi connectivity index (χ0v) is 11.4. The standard InChI is InChI=1S/C14H17NO2S/c1-10(15)13-4-3-12(16-2)7-14(13)17-8-11-5-6-18-9-11/h3-7,9-10H,8,15H2,1-2H3. The third kappa shape index (κ3) is 3.03. The summed E-state index contributed by atoms with van der Waals surface area (Å²) >= 11 is 1.66. The molecule has 18 heavy (non-hydrogen) atoms. The van der Waals surface area contributed by atoms with Crippen LogP contribution in [0.5, 0.6) is 11.5 Å². The molecule has 2 aromatic rings. The molecule has 1 unspecified atom stereocenters. The van der Waals surface area contributed by atoms with Gasteiger partial charge in [-0.1, -0.05) is 6.07 Å². The van der Waals surface area contributed by atoms with Gasteiger partial charge in [0.25, 0.3) is 0 Å². The van der Waals surface area contributed by atoms with Gasteiger partial charge in [0.15, 0.2) is 0 Å². The lowest BCUT2D eigenvalue weighted by Gasteiger charge is -2.15. The molecule has 0 amide bonds. The summed E-state index contributed by atoms with van der Waals surface area (Å²) in [6, 6.07) is 7.72. The van der Waals surface area contributed by atoms with Gasteiger partial charge in [0, 0.05) is 17.7 Å². The number of rotatable bonds is 5. The highest BCUT2D eigenvalue weighted by Gasteiger charge is 2.10. The fraction of sp³-hybridized carbons (Fsp3) is 0.286. The second-order valence-corrected chi connectivity index (χ2v) is 4.89. The van der Waals surface area contributed by atoms with E-state index in [0.29, 0.717) is 6.61 Å². The summed E-state index contributed by atoms with van der Waals surface area (Å²) in [6.45, 7) is 2.50. The van der Waals surface area contributed by atoms with E-state index in [4.69, 9.17) is 15.2 Å². The quantitative estimate of drug-likeness (QED) is 0.899. The maximum atomic E-state index is 5.94. The van der Waals surface area contributed by atoms with E-state index >= 15 is 0 Å². The highest BCUT2D eigenvalue weighted by molar-refractivity contribution is 7.07. The topological polar surface area (TPSA) is 44.5 Å². The molecule has 0 aliphatic rings. The lowest BCUT2D eigenvalue weighted by atomic mass is 10.1. The molecule has 1 aromatic carbocycles.